The fourth-order valence-electron chi connectivity index (χ4n) is 2.31. The highest BCUT2D eigenvalue weighted by molar-refractivity contribution is 6.03. The molecule has 1 aromatic heterocycles. The van der Waals surface area contributed by atoms with Gasteiger partial charge in [-0.2, -0.15) is 0 Å². The van der Waals surface area contributed by atoms with Gasteiger partial charge in [-0.05, 0) is 43.2 Å². The van der Waals surface area contributed by atoms with Crippen LogP contribution in [0.1, 0.15) is 21.6 Å². The maximum atomic E-state index is 13.7. The summed E-state index contributed by atoms with van der Waals surface area (Å²) in [6.07, 6.45) is 1.30. The van der Waals surface area contributed by atoms with Gasteiger partial charge < -0.3 is 10.6 Å². The number of rotatable bonds is 4. The predicted octanol–water partition coefficient (Wildman–Crippen LogP) is 4.23. The first kappa shape index (κ1) is 16.6. The quantitative estimate of drug-likeness (QED) is 0.748. The van der Waals surface area contributed by atoms with Gasteiger partial charge in [-0.15, -0.1) is 0 Å². The summed E-state index contributed by atoms with van der Waals surface area (Å²) >= 11 is 0. The summed E-state index contributed by atoms with van der Waals surface area (Å²) < 4.78 is 13.7. The minimum Gasteiger partial charge on any atom is -0.340 e. The van der Waals surface area contributed by atoms with Gasteiger partial charge in [-0.25, -0.2) is 14.4 Å². The summed E-state index contributed by atoms with van der Waals surface area (Å²) in [5.74, 6) is -0.516. The van der Waals surface area contributed by atoms with Crippen LogP contribution >= 0.6 is 0 Å². The molecule has 1 amide bonds. The number of amides is 1. The summed E-state index contributed by atoms with van der Waals surface area (Å²) in [4.78, 5) is 20.4. The number of halogens is 1. The number of hydrogen-bond donors (Lipinski definition) is 2. The number of carbonyl (C=O) groups excluding carboxylic acids is 1. The molecular weight excluding hydrogens is 319 g/mol. The molecule has 2 N–H and O–H groups in total. The summed E-state index contributed by atoms with van der Waals surface area (Å²) in [5.41, 5.74) is 3.32. The molecule has 0 aliphatic heterocycles. The van der Waals surface area contributed by atoms with Crippen molar-refractivity contribution in [3.63, 3.8) is 0 Å². The number of aromatic nitrogens is 2. The smallest absolute Gasteiger partial charge is 0.274 e. The Morgan fingerprint density at radius 1 is 1.00 bits per heavy atom. The van der Waals surface area contributed by atoms with Crippen LogP contribution in [0.25, 0.3) is 0 Å². The second kappa shape index (κ2) is 7.09. The molecule has 5 nitrogen and oxygen atoms in total. The Kier molecular flexibility index (Phi) is 4.70. The topological polar surface area (TPSA) is 66.9 Å². The fourth-order valence-corrected chi connectivity index (χ4v) is 2.31. The number of nitrogens with zero attached hydrogens (tertiary/aromatic N) is 2. The van der Waals surface area contributed by atoms with Gasteiger partial charge in [0.2, 0.25) is 0 Å². The van der Waals surface area contributed by atoms with Gasteiger partial charge in [0, 0.05) is 11.8 Å². The number of hydrogen-bond acceptors (Lipinski definition) is 4. The molecule has 6 heteroatoms. The van der Waals surface area contributed by atoms with Crippen LogP contribution in [0.3, 0.4) is 0 Å². The first-order chi connectivity index (χ1) is 12.0. The molecule has 0 spiro atoms. The lowest BCUT2D eigenvalue weighted by Gasteiger charge is -2.11. The van der Waals surface area contributed by atoms with Crippen molar-refractivity contribution in [2.75, 3.05) is 10.6 Å². The van der Waals surface area contributed by atoms with Gasteiger partial charge in [0.05, 0.1) is 5.69 Å². The van der Waals surface area contributed by atoms with Crippen molar-refractivity contribution < 1.29 is 9.18 Å². The molecule has 0 unspecified atom stereocenters. The van der Waals surface area contributed by atoms with Gasteiger partial charge in [0.1, 0.15) is 23.7 Å². The Bertz CT molecular complexity index is 927. The average Bonchev–Trinajstić information content (AvgIpc) is 2.60. The minimum absolute atomic E-state index is 0.107. The Labute approximate surface area is 145 Å². The first-order valence-corrected chi connectivity index (χ1v) is 7.75. The maximum Gasteiger partial charge on any atom is 0.274 e. The molecule has 3 rings (SSSR count). The van der Waals surface area contributed by atoms with Crippen LogP contribution in [0, 0.1) is 19.7 Å². The Balaban J connectivity index is 1.80. The monoisotopic (exact) mass is 336 g/mol. The lowest BCUT2D eigenvalue weighted by Crippen LogP contribution is -2.15. The lowest BCUT2D eigenvalue weighted by molar-refractivity contribution is 0.102. The third kappa shape index (κ3) is 3.98. The highest BCUT2D eigenvalue weighted by Crippen LogP contribution is 2.21. The maximum absolute atomic E-state index is 13.7. The number of para-hydroxylation sites is 1. The lowest BCUT2D eigenvalue weighted by atomic mass is 10.1. The van der Waals surface area contributed by atoms with Gasteiger partial charge in [-0.3, -0.25) is 4.79 Å². The van der Waals surface area contributed by atoms with E-state index < -0.39 is 11.7 Å². The van der Waals surface area contributed by atoms with E-state index in [0.29, 0.717) is 5.82 Å². The summed E-state index contributed by atoms with van der Waals surface area (Å²) in [7, 11) is 0. The van der Waals surface area contributed by atoms with Gasteiger partial charge in [-0.1, -0.05) is 24.3 Å². The third-order valence-electron chi connectivity index (χ3n) is 3.68. The third-order valence-corrected chi connectivity index (χ3v) is 3.68. The van der Waals surface area contributed by atoms with Crippen LogP contribution in [0.2, 0.25) is 0 Å². The van der Waals surface area contributed by atoms with Crippen molar-refractivity contribution in [3.8, 4) is 0 Å². The van der Waals surface area contributed by atoms with Crippen LogP contribution in [0.4, 0.5) is 21.6 Å². The number of nitrogens with one attached hydrogen (secondary N) is 2. The molecule has 0 fully saturated rings. The Morgan fingerprint density at radius 2 is 1.80 bits per heavy atom. The van der Waals surface area contributed by atoms with E-state index in [2.05, 4.69) is 20.6 Å². The zero-order valence-electron chi connectivity index (χ0n) is 13.9. The Hall–Kier alpha value is -3.28. The van der Waals surface area contributed by atoms with E-state index in [4.69, 9.17) is 0 Å². The van der Waals surface area contributed by atoms with Crippen LogP contribution in [0.5, 0.6) is 0 Å². The average molecular weight is 336 g/mol. The summed E-state index contributed by atoms with van der Waals surface area (Å²) in [5, 5.41) is 5.68. The van der Waals surface area contributed by atoms with E-state index in [1.165, 1.54) is 24.5 Å². The second-order valence-electron chi connectivity index (χ2n) is 5.67. The highest BCUT2D eigenvalue weighted by Gasteiger charge is 2.12. The van der Waals surface area contributed by atoms with E-state index in [1.54, 1.807) is 12.1 Å². The molecular formula is C19H17FN4O. The number of benzene rings is 2. The van der Waals surface area contributed by atoms with Gasteiger partial charge >= 0.3 is 0 Å². The van der Waals surface area contributed by atoms with E-state index in [1.807, 2.05) is 32.0 Å². The van der Waals surface area contributed by atoms with E-state index in [-0.39, 0.29) is 11.4 Å². The molecule has 0 atom stereocenters. The van der Waals surface area contributed by atoms with E-state index in [9.17, 15) is 9.18 Å². The molecule has 0 aliphatic carbocycles. The second-order valence-corrected chi connectivity index (χ2v) is 5.67. The molecule has 2 aromatic carbocycles. The molecule has 3 aromatic rings. The standard InChI is InChI=1S/C19H17FN4O/c1-12-7-8-13(2)16(9-12)23-18-10-17(21-11-22-18)19(25)24-15-6-4-3-5-14(15)20/h3-11H,1-2H3,(H,24,25)(H,21,22,23). The number of aryl methyl sites for hydroxylation is 2. The van der Waals surface area contributed by atoms with E-state index in [0.717, 1.165) is 16.8 Å². The molecule has 126 valence electrons. The zero-order chi connectivity index (χ0) is 17.8. The summed E-state index contributed by atoms with van der Waals surface area (Å²) in [6.45, 7) is 3.98. The Morgan fingerprint density at radius 3 is 2.60 bits per heavy atom. The summed E-state index contributed by atoms with van der Waals surface area (Å²) in [6, 6.07) is 13.5. The van der Waals surface area contributed by atoms with Crippen molar-refractivity contribution >= 4 is 23.1 Å². The SMILES string of the molecule is Cc1ccc(C)c(Nc2cc(C(=O)Nc3ccccc3F)ncn2)c1. The van der Waals surface area contributed by atoms with Crippen molar-refractivity contribution in [3.05, 3.63) is 77.5 Å². The number of carbonyl (C=O) groups is 1. The molecule has 0 saturated carbocycles. The van der Waals surface area contributed by atoms with Crippen LogP contribution in [0.15, 0.2) is 54.9 Å². The fraction of sp³-hybridized carbons (Fsp3) is 0.105. The van der Waals surface area contributed by atoms with Gasteiger partial charge in [0.15, 0.2) is 0 Å². The van der Waals surface area contributed by atoms with Crippen molar-refractivity contribution in [2.24, 2.45) is 0 Å². The largest absolute Gasteiger partial charge is 0.340 e. The first-order valence-electron chi connectivity index (χ1n) is 7.75. The molecule has 0 bridgehead atoms. The minimum atomic E-state index is -0.503. The van der Waals surface area contributed by atoms with Crippen LogP contribution in [-0.2, 0) is 0 Å². The zero-order valence-corrected chi connectivity index (χ0v) is 13.9. The van der Waals surface area contributed by atoms with Crippen molar-refractivity contribution in [1.82, 2.24) is 9.97 Å². The normalized spacial score (nSPS) is 10.4. The number of anilines is 3. The van der Waals surface area contributed by atoms with E-state index >= 15 is 0 Å². The van der Waals surface area contributed by atoms with Crippen LogP contribution < -0.4 is 10.6 Å². The van der Waals surface area contributed by atoms with Crippen LogP contribution in [-0.4, -0.2) is 15.9 Å². The molecule has 0 aliphatic rings. The molecule has 0 saturated heterocycles. The van der Waals surface area contributed by atoms with Crippen molar-refractivity contribution in [1.29, 1.82) is 0 Å². The molecule has 25 heavy (non-hydrogen) atoms. The highest BCUT2D eigenvalue weighted by atomic mass is 19.1. The molecule has 0 radical (unpaired) electrons. The van der Waals surface area contributed by atoms with Gasteiger partial charge in [0.25, 0.3) is 5.91 Å². The predicted molar refractivity (Wildman–Crippen MR) is 95.6 cm³/mol. The molecule has 1 heterocycles. The van der Waals surface area contributed by atoms with Crippen molar-refractivity contribution in [2.45, 2.75) is 13.8 Å².